The average Bonchev–Trinajstić information content (AvgIpc) is 3.24. The van der Waals surface area contributed by atoms with Gasteiger partial charge in [0.15, 0.2) is 0 Å². The summed E-state index contributed by atoms with van der Waals surface area (Å²) in [5, 5.41) is 4.14. The van der Waals surface area contributed by atoms with E-state index in [0.29, 0.717) is 31.3 Å². The number of ether oxygens (including phenoxy) is 1. The highest BCUT2D eigenvalue weighted by molar-refractivity contribution is 7.86. The molecule has 1 saturated heterocycles. The summed E-state index contributed by atoms with van der Waals surface area (Å²) < 4.78 is 61.9. The number of nitrogens with zero attached hydrogens (tertiary/aromatic N) is 6. The largest absolute Gasteiger partial charge is 0.486 e. The molecule has 0 amide bonds. The highest BCUT2D eigenvalue weighted by Gasteiger charge is 2.30. The molecular weight excluding hydrogens is 514 g/mol. The number of hydrogen-bond acceptors (Lipinski definition) is 8. The van der Waals surface area contributed by atoms with E-state index in [0.717, 1.165) is 31.7 Å². The first-order valence-corrected chi connectivity index (χ1v) is 13.4. The zero-order valence-electron chi connectivity index (χ0n) is 20.0. The molecule has 0 aliphatic carbocycles. The van der Waals surface area contributed by atoms with Crippen molar-refractivity contribution < 1.29 is 21.9 Å². The summed E-state index contributed by atoms with van der Waals surface area (Å²) in [6.45, 7) is 3.07. The van der Waals surface area contributed by atoms with E-state index in [1.54, 1.807) is 5.51 Å². The van der Waals surface area contributed by atoms with Crippen LogP contribution in [0.5, 0.6) is 5.75 Å². The van der Waals surface area contributed by atoms with Crippen LogP contribution in [-0.4, -0.2) is 78.7 Å². The molecule has 36 heavy (non-hydrogen) atoms. The maximum Gasteiger partial charge on any atom is 0.316 e. The minimum atomic E-state index is -3.57. The molecule has 0 saturated carbocycles. The number of piperazine rings is 1. The summed E-state index contributed by atoms with van der Waals surface area (Å²) in [5.41, 5.74) is 2.24. The van der Waals surface area contributed by atoms with Gasteiger partial charge in [0.25, 0.3) is 10.2 Å². The molecule has 2 aromatic heterocycles. The standard InChI is InChI=1S/C22H26F2N6O4S2/c1-15-20(35-14-25-15)4-9-34-21-19(28-5-7-29(8-6-28)36(32,33)27(2)3)13-26-30(22(21)31)18-11-16(23)10-17(24)12-18/h10-14H,4-9H2,1-3H3. The van der Waals surface area contributed by atoms with Crippen molar-refractivity contribution in [1.82, 2.24) is 23.4 Å². The van der Waals surface area contributed by atoms with Crippen molar-refractivity contribution in [3.63, 3.8) is 0 Å². The fourth-order valence-electron chi connectivity index (χ4n) is 3.84. The van der Waals surface area contributed by atoms with Crippen molar-refractivity contribution in [1.29, 1.82) is 0 Å². The van der Waals surface area contributed by atoms with Gasteiger partial charge in [-0.3, -0.25) is 4.79 Å². The van der Waals surface area contributed by atoms with Crippen LogP contribution in [-0.2, 0) is 16.6 Å². The lowest BCUT2D eigenvalue weighted by Crippen LogP contribution is -2.52. The molecule has 0 bridgehead atoms. The molecule has 1 aromatic carbocycles. The van der Waals surface area contributed by atoms with Crippen LogP contribution in [0, 0.1) is 18.6 Å². The number of anilines is 1. The van der Waals surface area contributed by atoms with Crippen LogP contribution >= 0.6 is 11.3 Å². The predicted octanol–water partition coefficient (Wildman–Crippen LogP) is 1.83. The normalized spacial score (nSPS) is 15.0. The second-order valence-corrected chi connectivity index (χ2v) is 11.4. The first-order valence-electron chi connectivity index (χ1n) is 11.1. The zero-order valence-corrected chi connectivity index (χ0v) is 21.7. The predicted molar refractivity (Wildman–Crippen MR) is 132 cm³/mol. The van der Waals surface area contributed by atoms with Crippen molar-refractivity contribution in [2.45, 2.75) is 13.3 Å². The molecule has 10 nitrogen and oxygen atoms in total. The first-order chi connectivity index (χ1) is 17.1. The highest BCUT2D eigenvalue weighted by atomic mass is 32.2. The van der Waals surface area contributed by atoms with Gasteiger partial charge in [-0.1, -0.05) is 0 Å². The van der Waals surface area contributed by atoms with Crippen LogP contribution in [0.4, 0.5) is 14.5 Å². The molecule has 194 valence electrons. The molecule has 0 spiro atoms. The van der Waals surface area contributed by atoms with E-state index in [-0.39, 0.29) is 31.1 Å². The molecule has 3 heterocycles. The van der Waals surface area contributed by atoms with E-state index in [1.807, 2.05) is 11.8 Å². The van der Waals surface area contributed by atoms with E-state index in [9.17, 15) is 22.0 Å². The molecule has 1 aliphatic rings. The van der Waals surface area contributed by atoms with E-state index < -0.39 is 27.4 Å². The van der Waals surface area contributed by atoms with Gasteiger partial charge in [0.05, 0.1) is 29.7 Å². The number of thiazole rings is 1. The molecule has 0 unspecified atom stereocenters. The Kier molecular flexibility index (Phi) is 7.68. The van der Waals surface area contributed by atoms with Crippen LogP contribution in [0.25, 0.3) is 5.69 Å². The minimum absolute atomic E-state index is 0.0271. The highest BCUT2D eigenvalue weighted by Crippen LogP contribution is 2.27. The SMILES string of the molecule is Cc1ncsc1CCOc1c(N2CCN(S(=O)(=O)N(C)C)CC2)cnn(-c2cc(F)cc(F)c2)c1=O. The summed E-state index contributed by atoms with van der Waals surface area (Å²) in [5.74, 6) is -1.71. The summed E-state index contributed by atoms with van der Waals surface area (Å²) in [7, 11) is -0.628. The summed E-state index contributed by atoms with van der Waals surface area (Å²) in [6, 6.07) is 2.72. The number of hydrogen-bond donors (Lipinski definition) is 0. The number of benzene rings is 1. The Morgan fingerprint density at radius 1 is 1.11 bits per heavy atom. The molecular formula is C22H26F2N6O4S2. The quantitative estimate of drug-likeness (QED) is 0.430. The van der Waals surface area contributed by atoms with Crippen LogP contribution in [0.3, 0.4) is 0 Å². The van der Waals surface area contributed by atoms with Gasteiger partial charge in [0.1, 0.15) is 17.3 Å². The van der Waals surface area contributed by atoms with Crippen molar-refractivity contribution in [3.05, 3.63) is 62.5 Å². The molecule has 4 rings (SSSR count). The van der Waals surface area contributed by atoms with Gasteiger partial charge in [0, 0.05) is 57.6 Å². The second-order valence-electron chi connectivity index (χ2n) is 8.34. The maximum absolute atomic E-state index is 13.8. The summed E-state index contributed by atoms with van der Waals surface area (Å²) in [6.07, 6.45) is 1.91. The van der Waals surface area contributed by atoms with Gasteiger partial charge in [-0.2, -0.15) is 26.8 Å². The van der Waals surface area contributed by atoms with Crippen molar-refractivity contribution in [2.24, 2.45) is 0 Å². The zero-order chi connectivity index (χ0) is 26.0. The van der Waals surface area contributed by atoms with E-state index in [4.69, 9.17) is 4.74 Å². The molecule has 0 atom stereocenters. The number of halogens is 2. The van der Waals surface area contributed by atoms with Crippen molar-refractivity contribution in [3.8, 4) is 11.4 Å². The van der Waals surface area contributed by atoms with Gasteiger partial charge < -0.3 is 9.64 Å². The van der Waals surface area contributed by atoms with Crippen LogP contribution in [0.2, 0.25) is 0 Å². The Balaban J connectivity index is 1.65. The smallest absolute Gasteiger partial charge is 0.316 e. The molecule has 1 aliphatic heterocycles. The third-order valence-electron chi connectivity index (χ3n) is 5.79. The number of rotatable bonds is 8. The topological polar surface area (TPSA) is 101 Å². The van der Waals surface area contributed by atoms with Crippen LogP contribution in [0.1, 0.15) is 10.6 Å². The Hall–Kier alpha value is -2.94. The summed E-state index contributed by atoms with van der Waals surface area (Å²) >= 11 is 1.48. The van der Waals surface area contributed by atoms with Gasteiger partial charge in [-0.05, 0) is 19.1 Å². The molecule has 3 aromatic rings. The molecule has 0 radical (unpaired) electrons. The fraction of sp³-hybridized carbons (Fsp3) is 0.409. The maximum atomic E-state index is 13.8. The first kappa shape index (κ1) is 26.1. The Morgan fingerprint density at radius 2 is 1.78 bits per heavy atom. The lowest BCUT2D eigenvalue weighted by molar-refractivity contribution is 0.312. The summed E-state index contributed by atoms with van der Waals surface area (Å²) in [4.78, 5) is 20.5. The van der Waals surface area contributed by atoms with E-state index in [2.05, 4.69) is 10.1 Å². The van der Waals surface area contributed by atoms with E-state index in [1.165, 1.54) is 35.9 Å². The van der Waals surface area contributed by atoms with Crippen LogP contribution in [0.15, 0.2) is 34.7 Å². The Morgan fingerprint density at radius 3 is 2.36 bits per heavy atom. The number of aryl methyl sites for hydroxylation is 1. The van der Waals surface area contributed by atoms with E-state index >= 15 is 0 Å². The van der Waals surface area contributed by atoms with Crippen molar-refractivity contribution in [2.75, 3.05) is 51.8 Å². The molecule has 0 N–H and O–H groups in total. The third kappa shape index (κ3) is 5.40. The van der Waals surface area contributed by atoms with Crippen LogP contribution < -0.4 is 15.2 Å². The lowest BCUT2D eigenvalue weighted by atomic mass is 10.2. The molecule has 14 heteroatoms. The Bertz CT molecular complexity index is 1380. The van der Waals surface area contributed by atoms with Crippen molar-refractivity contribution >= 4 is 27.2 Å². The Labute approximate surface area is 211 Å². The second kappa shape index (κ2) is 10.6. The van der Waals surface area contributed by atoms with Gasteiger partial charge in [0.2, 0.25) is 5.75 Å². The average molecular weight is 541 g/mol. The number of aromatic nitrogens is 3. The monoisotopic (exact) mass is 540 g/mol. The molecule has 1 fully saturated rings. The van der Waals surface area contributed by atoms with Gasteiger partial charge in [-0.15, -0.1) is 11.3 Å². The van der Waals surface area contributed by atoms with Gasteiger partial charge in [-0.25, -0.2) is 13.8 Å². The fourth-order valence-corrected chi connectivity index (χ4v) is 5.69. The third-order valence-corrected chi connectivity index (χ3v) is 8.73. The van der Waals surface area contributed by atoms with Gasteiger partial charge >= 0.3 is 5.56 Å². The lowest BCUT2D eigenvalue weighted by Gasteiger charge is -2.36. The minimum Gasteiger partial charge on any atom is -0.486 e.